The summed E-state index contributed by atoms with van der Waals surface area (Å²) in [4.78, 5) is 20.6. The van der Waals surface area contributed by atoms with Gasteiger partial charge in [-0.2, -0.15) is 0 Å². The van der Waals surface area contributed by atoms with Gasteiger partial charge < -0.3 is 10.2 Å². The van der Waals surface area contributed by atoms with Crippen LogP contribution in [-0.2, 0) is 14.2 Å². The molecule has 0 saturated carbocycles. The van der Waals surface area contributed by atoms with Gasteiger partial charge in [0.15, 0.2) is 6.66 Å². The summed E-state index contributed by atoms with van der Waals surface area (Å²) >= 11 is 0. The Morgan fingerprint density at radius 3 is 2.31 bits per heavy atom. The molecular formula is C6H11NO5P+. The molecule has 1 unspecified atom stereocenters. The molecule has 0 bridgehead atoms. The largest absolute Gasteiger partial charge is 0.481 e. The number of carboxylic acid groups (broad SMARTS) is 2. The average Bonchev–Trinajstić information content (AvgIpc) is 1.96. The average molecular weight is 208 g/mol. The zero-order valence-corrected chi connectivity index (χ0v) is 7.95. The van der Waals surface area contributed by atoms with Gasteiger partial charge >= 0.3 is 19.9 Å². The smallest absolute Gasteiger partial charge is 0.429 e. The van der Waals surface area contributed by atoms with E-state index in [1.54, 1.807) is 0 Å². The van der Waals surface area contributed by atoms with Crippen LogP contribution >= 0.6 is 7.95 Å². The van der Waals surface area contributed by atoms with Gasteiger partial charge in [0.05, 0.1) is 0 Å². The Morgan fingerprint density at radius 1 is 1.46 bits per heavy atom. The lowest BCUT2D eigenvalue weighted by Crippen LogP contribution is -2.32. The molecular weight excluding hydrogens is 197 g/mol. The quantitative estimate of drug-likeness (QED) is 0.541. The van der Waals surface area contributed by atoms with E-state index < -0.39 is 25.9 Å². The third-order valence-electron chi connectivity index (χ3n) is 1.28. The number of hydrogen-bond acceptors (Lipinski definition) is 3. The normalized spacial score (nSPS) is 13.5. The van der Waals surface area contributed by atoms with Crippen LogP contribution in [-0.4, -0.2) is 34.9 Å². The second-order valence-corrected chi connectivity index (χ2v) is 3.70. The fraction of sp³-hybridized carbons (Fsp3) is 0.667. The number of nitrogens with one attached hydrogen (secondary N) is 1. The van der Waals surface area contributed by atoms with Crippen molar-refractivity contribution in [2.75, 3.05) is 6.66 Å². The summed E-state index contributed by atoms with van der Waals surface area (Å²) in [5.41, 5.74) is 0. The Labute approximate surface area is 75.8 Å². The fourth-order valence-corrected chi connectivity index (χ4v) is 1.41. The second-order valence-electron chi connectivity index (χ2n) is 2.45. The van der Waals surface area contributed by atoms with Gasteiger partial charge in [0, 0.05) is 6.42 Å². The summed E-state index contributed by atoms with van der Waals surface area (Å²) in [6.07, 6.45) is -0.327. The lowest BCUT2D eigenvalue weighted by atomic mass is 10.2. The Bertz CT molecular complexity index is 229. The van der Waals surface area contributed by atoms with E-state index in [-0.39, 0.29) is 12.8 Å². The number of aliphatic carboxylic acids is 2. The molecule has 0 aliphatic carbocycles. The van der Waals surface area contributed by atoms with Crippen molar-refractivity contribution in [2.24, 2.45) is 0 Å². The third-order valence-corrected chi connectivity index (χ3v) is 1.96. The van der Waals surface area contributed by atoms with Crippen LogP contribution in [0.25, 0.3) is 0 Å². The molecule has 0 aliphatic heterocycles. The van der Waals surface area contributed by atoms with Crippen LogP contribution in [0.4, 0.5) is 0 Å². The SMILES string of the molecule is C[P+](=O)N[C@@H](CCC(=O)O)C(=O)O. The van der Waals surface area contributed by atoms with Gasteiger partial charge in [0.2, 0.25) is 0 Å². The summed E-state index contributed by atoms with van der Waals surface area (Å²) in [7, 11) is -1.78. The Hall–Kier alpha value is -1.00. The first-order chi connectivity index (χ1) is 5.93. The monoisotopic (exact) mass is 208 g/mol. The molecule has 0 aromatic rings. The molecule has 74 valence electrons. The highest BCUT2D eigenvalue weighted by Gasteiger charge is 2.24. The lowest BCUT2D eigenvalue weighted by Gasteiger charge is -2.04. The highest BCUT2D eigenvalue weighted by Crippen LogP contribution is 2.11. The summed E-state index contributed by atoms with van der Waals surface area (Å²) in [6.45, 7) is 1.33. The maximum absolute atomic E-state index is 10.6. The molecule has 0 aromatic heterocycles. The van der Waals surface area contributed by atoms with E-state index >= 15 is 0 Å². The topological polar surface area (TPSA) is 104 Å². The van der Waals surface area contributed by atoms with E-state index in [1.807, 2.05) is 0 Å². The minimum atomic E-state index is -1.78. The maximum atomic E-state index is 10.6. The van der Waals surface area contributed by atoms with Crippen LogP contribution in [0.5, 0.6) is 0 Å². The van der Waals surface area contributed by atoms with Crippen molar-refractivity contribution < 1.29 is 24.4 Å². The lowest BCUT2D eigenvalue weighted by molar-refractivity contribution is -0.140. The highest BCUT2D eigenvalue weighted by atomic mass is 31.1. The first-order valence-electron chi connectivity index (χ1n) is 3.55. The van der Waals surface area contributed by atoms with Crippen molar-refractivity contribution in [2.45, 2.75) is 18.9 Å². The molecule has 0 aliphatic rings. The molecule has 0 saturated heterocycles. The number of hydrogen-bond donors (Lipinski definition) is 3. The van der Waals surface area contributed by atoms with E-state index in [9.17, 15) is 14.2 Å². The van der Waals surface area contributed by atoms with Crippen LogP contribution in [0.2, 0.25) is 0 Å². The van der Waals surface area contributed by atoms with Crippen molar-refractivity contribution in [1.29, 1.82) is 0 Å². The summed E-state index contributed by atoms with van der Waals surface area (Å²) in [5.74, 6) is -2.26. The molecule has 0 fully saturated rings. The number of carboxylic acids is 2. The highest BCUT2D eigenvalue weighted by molar-refractivity contribution is 7.41. The van der Waals surface area contributed by atoms with Crippen LogP contribution in [0.3, 0.4) is 0 Å². The molecule has 0 radical (unpaired) electrons. The first-order valence-corrected chi connectivity index (χ1v) is 5.25. The van der Waals surface area contributed by atoms with Gasteiger partial charge in [-0.15, -0.1) is 0 Å². The van der Waals surface area contributed by atoms with Crippen molar-refractivity contribution in [3.63, 3.8) is 0 Å². The van der Waals surface area contributed by atoms with E-state index in [0.29, 0.717) is 0 Å². The van der Waals surface area contributed by atoms with Gasteiger partial charge in [-0.3, -0.25) is 9.59 Å². The zero-order chi connectivity index (χ0) is 10.4. The van der Waals surface area contributed by atoms with Gasteiger partial charge in [-0.25, -0.2) is 0 Å². The maximum Gasteiger partial charge on any atom is 0.429 e. The minimum Gasteiger partial charge on any atom is -0.481 e. The molecule has 0 rings (SSSR count). The molecule has 7 heteroatoms. The van der Waals surface area contributed by atoms with Crippen LogP contribution in [0.1, 0.15) is 12.8 Å². The van der Waals surface area contributed by atoms with Gasteiger partial charge in [-0.1, -0.05) is 9.65 Å². The van der Waals surface area contributed by atoms with Crippen molar-refractivity contribution in [3.8, 4) is 0 Å². The van der Waals surface area contributed by atoms with Gasteiger partial charge in [0.1, 0.15) is 6.04 Å². The molecule has 0 aromatic carbocycles. The number of rotatable bonds is 6. The summed E-state index contributed by atoms with van der Waals surface area (Å²) < 4.78 is 10.6. The van der Waals surface area contributed by atoms with Crippen molar-refractivity contribution in [3.05, 3.63) is 0 Å². The Kier molecular flexibility index (Phi) is 5.18. The van der Waals surface area contributed by atoms with Gasteiger partial charge in [0.25, 0.3) is 0 Å². The number of carbonyl (C=O) groups is 2. The fourth-order valence-electron chi connectivity index (χ4n) is 0.731. The Balaban J connectivity index is 4.02. The van der Waals surface area contributed by atoms with E-state index in [1.165, 1.54) is 6.66 Å². The molecule has 0 amide bonds. The zero-order valence-electron chi connectivity index (χ0n) is 7.06. The third kappa shape index (κ3) is 6.19. The van der Waals surface area contributed by atoms with E-state index in [4.69, 9.17) is 10.2 Å². The van der Waals surface area contributed by atoms with Crippen LogP contribution < -0.4 is 5.09 Å². The van der Waals surface area contributed by atoms with Crippen LogP contribution in [0, 0.1) is 0 Å². The molecule has 2 atom stereocenters. The van der Waals surface area contributed by atoms with Gasteiger partial charge in [-0.05, 0) is 6.42 Å². The molecule has 6 nitrogen and oxygen atoms in total. The van der Waals surface area contributed by atoms with Crippen molar-refractivity contribution >= 4 is 19.9 Å². The summed E-state index contributed by atoms with van der Waals surface area (Å²) in [5, 5.41) is 19.1. The predicted octanol–water partition coefficient (Wildman–Crippen LogP) is 0.266. The standard InChI is InChI=1S/C6H10NO5P/c1-13(12)7-4(6(10)11)2-3-5(8)9/h4H,2-3H2,1H3,(H2-,7,8,9,10,11,12)/p+1/t4-/m0/s1. The van der Waals surface area contributed by atoms with E-state index in [0.717, 1.165) is 0 Å². The molecule has 0 heterocycles. The molecule has 0 spiro atoms. The Morgan fingerprint density at radius 2 is 2.00 bits per heavy atom. The van der Waals surface area contributed by atoms with Crippen molar-refractivity contribution in [1.82, 2.24) is 5.09 Å². The second kappa shape index (κ2) is 5.61. The predicted molar refractivity (Wildman–Crippen MR) is 45.0 cm³/mol. The first kappa shape index (κ1) is 12.0. The minimum absolute atomic E-state index is 0.0699. The summed E-state index contributed by atoms with van der Waals surface area (Å²) in [6, 6.07) is -1.05. The molecule has 3 N–H and O–H groups in total. The van der Waals surface area contributed by atoms with E-state index in [2.05, 4.69) is 5.09 Å². The molecule has 13 heavy (non-hydrogen) atoms. The van der Waals surface area contributed by atoms with Crippen LogP contribution in [0.15, 0.2) is 0 Å².